The first-order valence-corrected chi connectivity index (χ1v) is 20.7. The number of benzene rings is 5. The molecule has 57 heavy (non-hydrogen) atoms. The molecule has 4 heterocycles. The maximum Gasteiger partial charge on any atom is 2.00 e. The van der Waals surface area contributed by atoms with Crippen molar-refractivity contribution in [2.45, 2.75) is 95.8 Å². The van der Waals surface area contributed by atoms with Gasteiger partial charge in [0.2, 0.25) is 0 Å². The summed E-state index contributed by atoms with van der Waals surface area (Å²) < 4.78 is 2.11. The Labute approximate surface area is 356 Å². The minimum absolute atomic E-state index is 0. The molecule has 2 atom stereocenters. The topological polar surface area (TPSA) is 33.4 Å². The quantitative estimate of drug-likeness (QED) is 0.166. The van der Waals surface area contributed by atoms with Crippen LogP contribution in [0, 0.1) is 19.1 Å². The summed E-state index contributed by atoms with van der Waals surface area (Å²) in [7, 11) is 0. The number of hydrogen-bond acceptors (Lipinski definition) is 4. The van der Waals surface area contributed by atoms with Crippen molar-refractivity contribution in [1.82, 2.24) is 9.55 Å². The van der Waals surface area contributed by atoms with Crippen LogP contribution in [0.25, 0.3) is 27.6 Å². The molecule has 6 heteroatoms. The molecule has 2 aliphatic heterocycles. The number of anilines is 3. The van der Waals surface area contributed by atoms with E-state index in [0.29, 0.717) is 0 Å². The third-order valence-corrected chi connectivity index (χ3v) is 15.1. The van der Waals surface area contributed by atoms with Crippen LogP contribution < -0.4 is 4.90 Å². The Morgan fingerprint density at radius 2 is 1.39 bits per heavy atom. The van der Waals surface area contributed by atoms with Gasteiger partial charge in [-0.2, -0.15) is 6.07 Å². The molecule has 10 rings (SSSR count). The summed E-state index contributed by atoms with van der Waals surface area (Å²) in [5, 5.41) is 3.43. The first-order valence-electron chi connectivity index (χ1n) is 19.8. The van der Waals surface area contributed by atoms with Crippen molar-refractivity contribution in [3.63, 3.8) is 0 Å². The van der Waals surface area contributed by atoms with Crippen molar-refractivity contribution in [2.75, 3.05) is 4.90 Å². The first-order chi connectivity index (χ1) is 26.5. The van der Waals surface area contributed by atoms with Crippen molar-refractivity contribution in [3.05, 3.63) is 160 Å². The Bertz CT molecular complexity index is 2840. The Morgan fingerprint density at radius 1 is 0.702 bits per heavy atom. The Hall–Kier alpha value is -4.44. The second kappa shape index (κ2) is 12.5. The molecular formula is C51H48N4PtS. The van der Waals surface area contributed by atoms with E-state index >= 15 is 0 Å². The molecular weight excluding hydrogens is 896 g/mol. The molecule has 0 amide bonds. The number of thioether (sulfide) groups is 1. The Morgan fingerprint density at radius 3 is 2.14 bits per heavy atom. The fourth-order valence-corrected chi connectivity index (χ4v) is 11.6. The van der Waals surface area contributed by atoms with E-state index in [4.69, 9.17) is 9.98 Å². The van der Waals surface area contributed by atoms with E-state index in [0.717, 1.165) is 44.5 Å². The number of aromatic nitrogens is 2. The standard InChI is InChI=1S/C51H48N4S.Pt/c1-31-25-32(46-53-51(10)49(7,8)37-18-12-13-19-38(37)50(51,9)56-46)27-34(26-31)54-42-22-16-14-20-39(42)48(5,6)40-29-36-35-17-11-15-21-41(35)55(43(36)30-44(40)54)45-28-33(23-24-52-45)47(2,3)4;/h11-26,28-29H,1-10H3;/q-2;+2/t50-,51+;/m0./s1. The maximum absolute atomic E-state index is 5.68. The molecule has 2 aromatic heterocycles. The Balaban J connectivity index is 0.00000422. The number of nitrogens with zero attached hydrogens (tertiary/aromatic N) is 4. The second-order valence-corrected chi connectivity index (χ2v) is 19.9. The second-order valence-electron chi connectivity index (χ2n) is 18.5. The SMILES string of the molecule is Cc1cc(C2=N[C@]3(C)C(C)(C)c4ccccc4[C@]3(C)S2)[c-]c(N2c3[c-]c4c(cc3C(C)(C)c3ccccc32)c2ccccc2n4-c2cc(C(C)(C)C)ccn2)c1.[Pt+2]. The number of fused-ring (bicyclic) bond motifs is 8. The number of aryl methyl sites for hydroxylation is 1. The van der Waals surface area contributed by atoms with Gasteiger partial charge in [0.05, 0.1) is 10.3 Å². The Kier molecular flexibility index (Phi) is 8.37. The molecule has 288 valence electrons. The summed E-state index contributed by atoms with van der Waals surface area (Å²) in [4.78, 5) is 13.1. The largest absolute Gasteiger partial charge is 2.00 e. The van der Waals surface area contributed by atoms with Crippen LogP contribution in [0.4, 0.5) is 17.1 Å². The molecule has 0 unspecified atom stereocenters. The van der Waals surface area contributed by atoms with Crippen LogP contribution >= 0.6 is 11.8 Å². The maximum atomic E-state index is 5.68. The van der Waals surface area contributed by atoms with Crippen molar-refractivity contribution in [1.29, 1.82) is 0 Å². The number of pyridine rings is 1. The summed E-state index contributed by atoms with van der Waals surface area (Å²) in [5.74, 6) is 0.902. The molecule has 0 bridgehead atoms. The molecule has 4 nitrogen and oxygen atoms in total. The zero-order valence-electron chi connectivity index (χ0n) is 34.4. The van der Waals surface area contributed by atoms with Gasteiger partial charge in [0.25, 0.3) is 0 Å². The van der Waals surface area contributed by atoms with Crippen LogP contribution in [0.15, 0.2) is 114 Å². The molecule has 0 radical (unpaired) electrons. The van der Waals surface area contributed by atoms with E-state index in [1.807, 2.05) is 18.0 Å². The molecule has 0 spiro atoms. The van der Waals surface area contributed by atoms with Gasteiger partial charge in [0.1, 0.15) is 5.82 Å². The van der Waals surface area contributed by atoms with E-state index in [1.165, 1.54) is 44.2 Å². The van der Waals surface area contributed by atoms with Crippen molar-refractivity contribution >= 4 is 55.7 Å². The van der Waals surface area contributed by atoms with Crippen molar-refractivity contribution in [2.24, 2.45) is 4.99 Å². The van der Waals surface area contributed by atoms with Crippen molar-refractivity contribution in [3.8, 4) is 5.82 Å². The minimum atomic E-state index is -0.319. The molecule has 3 aliphatic rings. The fraction of sp³-hybridized carbons (Fsp3) is 0.294. The summed E-state index contributed by atoms with van der Waals surface area (Å²) in [6, 6.07) is 45.9. The van der Waals surface area contributed by atoms with Crippen LogP contribution in [0.2, 0.25) is 0 Å². The first kappa shape index (κ1) is 38.1. The third-order valence-electron chi connectivity index (χ3n) is 13.6. The normalized spacial score (nSPS) is 21.4. The van der Waals surface area contributed by atoms with Crippen LogP contribution in [0.5, 0.6) is 0 Å². The summed E-state index contributed by atoms with van der Waals surface area (Å²) in [5.41, 5.74) is 13.3. The van der Waals surface area contributed by atoms with Gasteiger partial charge in [-0.05, 0) is 82.3 Å². The zero-order valence-corrected chi connectivity index (χ0v) is 37.5. The zero-order chi connectivity index (χ0) is 39.2. The number of hydrogen-bond donors (Lipinski definition) is 0. The van der Waals surface area contributed by atoms with Gasteiger partial charge in [0, 0.05) is 27.9 Å². The molecule has 5 aromatic carbocycles. The number of rotatable bonds is 3. The van der Waals surface area contributed by atoms with Gasteiger partial charge in [0.15, 0.2) is 0 Å². The van der Waals surface area contributed by atoms with E-state index in [1.54, 1.807) is 0 Å². The van der Waals surface area contributed by atoms with Gasteiger partial charge < -0.3 is 14.5 Å². The van der Waals surface area contributed by atoms with Crippen LogP contribution in [0.1, 0.15) is 101 Å². The van der Waals surface area contributed by atoms with Gasteiger partial charge in [-0.3, -0.25) is 0 Å². The summed E-state index contributed by atoms with van der Waals surface area (Å²) in [6.45, 7) is 23.1. The predicted octanol–water partition coefficient (Wildman–Crippen LogP) is 13.0. The van der Waals surface area contributed by atoms with Crippen LogP contribution in [0.3, 0.4) is 0 Å². The number of para-hydroxylation sites is 2. The van der Waals surface area contributed by atoms with Gasteiger partial charge in [-0.15, -0.1) is 58.1 Å². The minimum Gasteiger partial charge on any atom is -0.352 e. The van der Waals surface area contributed by atoms with Gasteiger partial charge in [-0.25, -0.2) is 4.98 Å². The van der Waals surface area contributed by atoms with Gasteiger partial charge in [-0.1, -0.05) is 127 Å². The molecule has 1 aliphatic carbocycles. The average Bonchev–Trinajstić information content (AvgIpc) is 3.69. The van der Waals surface area contributed by atoms with E-state index in [-0.39, 0.29) is 47.6 Å². The fourth-order valence-electron chi connectivity index (χ4n) is 9.97. The monoisotopic (exact) mass is 943 g/mol. The summed E-state index contributed by atoms with van der Waals surface area (Å²) in [6.07, 6.45) is 1.95. The third kappa shape index (κ3) is 5.17. The van der Waals surface area contributed by atoms with Crippen molar-refractivity contribution < 1.29 is 21.1 Å². The average molecular weight is 944 g/mol. The van der Waals surface area contributed by atoms with Gasteiger partial charge >= 0.3 is 21.1 Å². The van der Waals surface area contributed by atoms with E-state index in [2.05, 4.69) is 194 Å². The van der Waals surface area contributed by atoms with E-state index in [9.17, 15) is 0 Å². The van der Waals surface area contributed by atoms with Crippen LogP contribution in [-0.4, -0.2) is 20.1 Å². The smallest absolute Gasteiger partial charge is 0.352 e. The number of aliphatic imine (C=N–C) groups is 1. The van der Waals surface area contributed by atoms with E-state index < -0.39 is 0 Å². The van der Waals surface area contributed by atoms with Crippen LogP contribution in [-0.2, 0) is 42.1 Å². The molecule has 0 saturated carbocycles. The summed E-state index contributed by atoms with van der Waals surface area (Å²) >= 11 is 1.90. The molecule has 0 fully saturated rings. The molecule has 0 N–H and O–H groups in total. The molecule has 7 aromatic rings. The predicted molar refractivity (Wildman–Crippen MR) is 236 cm³/mol. The molecule has 0 saturated heterocycles.